The molecule has 2 N–H and O–H groups in total. The van der Waals surface area contributed by atoms with E-state index in [4.69, 9.17) is 4.98 Å². The Hall–Kier alpha value is -2.40. The molecular weight excluding hydrogens is 288 g/mol. The topological polar surface area (TPSA) is 65.0 Å². The van der Waals surface area contributed by atoms with Gasteiger partial charge in [0.2, 0.25) is 0 Å². The van der Waals surface area contributed by atoms with Crippen LogP contribution in [-0.4, -0.2) is 45.1 Å². The minimum absolute atomic E-state index is 0.272. The van der Waals surface area contributed by atoms with Gasteiger partial charge in [0.25, 0.3) is 0 Å². The average molecular weight is 308 g/mol. The van der Waals surface area contributed by atoms with Crippen molar-refractivity contribution in [3.63, 3.8) is 0 Å². The Morgan fingerprint density at radius 2 is 1.91 bits per heavy atom. The maximum Gasteiger partial charge on any atom is 0.132 e. The predicted molar refractivity (Wildman–Crippen MR) is 90.5 cm³/mol. The van der Waals surface area contributed by atoms with Gasteiger partial charge >= 0.3 is 0 Å². The van der Waals surface area contributed by atoms with Crippen LogP contribution in [0.1, 0.15) is 24.6 Å². The number of rotatable bonds is 2. The summed E-state index contributed by atoms with van der Waals surface area (Å²) in [6, 6.07) is 9.23. The second-order valence-electron chi connectivity index (χ2n) is 6.33. The Labute approximate surface area is 135 Å². The smallest absolute Gasteiger partial charge is 0.132 e. The molecule has 1 aliphatic rings. The van der Waals surface area contributed by atoms with E-state index in [1.54, 1.807) is 12.1 Å². The van der Waals surface area contributed by atoms with Crippen molar-refractivity contribution in [1.82, 2.24) is 19.9 Å². The van der Waals surface area contributed by atoms with E-state index in [0.29, 0.717) is 5.92 Å². The van der Waals surface area contributed by atoms with Crippen LogP contribution >= 0.6 is 0 Å². The fourth-order valence-corrected chi connectivity index (χ4v) is 3.19. The normalized spacial score (nSPS) is 16.9. The third-order valence-corrected chi connectivity index (χ3v) is 4.65. The number of aromatic amines is 1. The van der Waals surface area contributed by atoms with Crippen LogP contribution in [0, 0.1) is 0 Å². The summed E-state index contributed by atoms with van der Waals surface area (Å²) in [5.74, 6) is 1.69. The molecule has 0 saturated carbocycles. The van der Waals surface area contributed by atoms with Crippen LogP contribution in [0.25, 0.3) is 22.3 Å². The van der Waals surface area contributed by atoms with Crippen LogP contribution in [0.15, 0.2) is 36.5 Å². The van der Waals surface area contributed by atoms with Crippen molar-refractivity contribution in [2.75, 3.05) is 20.1 Å². The van der Waals surface area contributed by atoms with Gasteiger partial charge in [-0.3, -0.25) is 0 Å². The number of benzene rings is 1. The van der Waals surface area contributed by atoms with E-state index in [2.05, 4.69) is 28.0 Å². The minimum Gasteiger partial charge on any atom is -0.508 e. The lowest BCUT2D eigenvalue weighted by Gasteiger charge is -2.27. The Kier molecular flexibility index (Phi) is 3.50. The molecule has 0 aliphatic carbocycles. The van der Waals surface area contributed by atoms with Gasteiger partial charge in [0.15, 0.2) is 0 Å². The number of aromatic nitrogens is 3. The number of hydrogen-bond acceptors (Lipinski definition) is 4. The summed E-state index contributed by atoms with van der Waals surface area (Å²) in [5, 5.41) is 9.41. The first-order valence-electron chi connectivity index (χ1n) is 8.02. The zero-order chi connectivity index (χ0) is 15.8. The number of hydrogen-bond donors (Lipinski definition) is 2. The summed E-state index contributed by atoms with van der Waals surface area (Å²) in [4.78, 5) is 15.1. The van der Waals surface area contributed by atoms with Gasteiger partial charge in [0.05, 0.1) is 17.2 Å². The first-order valence-corrected chi connectivity index (χ1v) is 8.02. The molecule has 0 spiro atoms. The van der Waals surface area contributed by atoms with Gasteiger partial charge in [0.1, 0.15) is 11.6 Å². The lowest BCUT2D eigenvalue weighted by atomic mass is 9.96. The van der Waals surface area contributed by atoms with Gasteiger partial charge in [-0.1, -0.05) is 0 Å². The molecule has 0 bridgehead atoms. The predicted octanol–water partition coefficient (Wildman–Crippen LogP) is 3.14. The van der Waals surface area contributed by atoms with E-state index in [9.17, 15) is 5.11 Å². The van der Waals surface area contributed by atoms with Crippen LogP contribution in [0.5, 0.6) is 5.75 Å². The zero-order valence-corrected chi connectivity index (χ0v) is 13.2. The highest BCUT2D eigenvalue weighted by molar-refractivity contribution is 5.82. The Bertz CT molecular complexity index is 817. The first-order chi connectivity index (χ1) is 11.2. The van der Waals surface area contributed by atoms with Crippen LogP contribution in [0.3, 0.4) is 0 Å². The van der Waals surface area contributed by atoms with Gasteiger partial charge in [-0.15, -0.1) is 0 Å². The van der Waals surface area contributed by atoms with Crippen molar-refractivity contribution < 1.29 is 5.11 Å². The largest absolute Gasteiger partial charge is 0.508 e. The molecule has 0 atom stereocenters. The molecule has 0 unspecified atom stereocenters. The number of aromatic hydroxyl groups is 1. The maximum atomic E-state index is 9.41. The number of H-pyrrole nitrogens is 1. The maximum absolute atomic E-state index is 9.41. The number of likely N-dealkylation sites (tertiary alicyclic amines) is 1. The molecule has 1 saturated heterocycles. The lowest BCUT2D eigenvalue weighted by Crippen LogP contribution is -2.29. The Balaban J connectivity index is 1.65. The molecule has 3 heterocycles. The van der Waals surface area contributed by atoms with E-state index in [0.717, 1.165) is 54.0 Å². The molecule has 0 amide bonds. The highest BCUT2D eigenvalue weighted by atomic mass is 16.3. The number of nitrogens with one attached hydrogen (secondary N) is 1. The number of nitrogens with zero attached hydrogens (tertiary/aromatic N) is 3. The third kappa shape index (κ3) is 2.80. The fraction of sp³-hybridized carbons (Fsp3) is 0.333. The van der Waals surface area contributed by atoms with Gasteiger partial charge in [0, 0.05) is 11.6 Å². The van der Waals surface area contributed by atoms with Crippen LogP contribution < -0.4 is 0 Å². The second kappa shape index (κ2) is 5.66. The second-order valence-corrected chi connectivity index (χ2v) is 6.33. The summed E-state index contributed by atoms with van der Waals surface area (Å²) in [6.45, 7) is 2.22. The molecule has 0 radical (unpaired) electrons. The molecule has 2 aromatic heterocycles. The monoisotopic (exact) mass is 308 g/mol. The number of fused-ring (bicyclic) bond motifs is 1. The number of phenols is 1. The minimum atomic E-state index is 0.272. The molecule has 1 aromatic carbocycles. The summed E-state index contributed by atoms with van der Waals surface area (Å²) in [7, 11) is 2.16. The molecule has 1 fully saturated rings. The number of piperidine rings is 1. The van der Waals surface area contributed by atoms with E-state index < -0.39 is 0 Å². The van der Waals surface area contributed by atoms with Gasteiger partial charge in [-0.2, -0.15) is 0 Å². The summed E-state index contributed by atoms with van der Waals surface area (Å²) in [6.07, 6.45) is 4.13. The van der Waals surface area contributed by atoms with E-state index >= 15 is 0 Å². The van der Waals surface area contributed by atoms with E-state index in [1.807, 2.05) is 18.3 Å². The third-order valence-electron chi connectivity index (χ3n) is 4.65. The van der Waals surface area contributed by atoms with Crippen molar-refractivity contribution in [2.45, 2.75) is 18.8 Å². The van der Waals surface area contributed by atoms with E-state index in [-0.39, 0.29) is 5.75 Å². The van der Waals surface area contributed by atoms with E-state index in [1.165, 1.54) is 0 Å². The number of phenolic OH excluding ortho intramolecular Hbond substituents is 1. The summed E-state index contributed by atoms with van der Waals surface area (Å²) in [5.41, 5.74) is 3.93. The zero-order valence-electron chi connectivity index (χ0n) is 13.2. The highest BCUT2D eigenvalue weighted by Gasteiger charge is 2.21. The average Bonchev–Trinajstić information content (AvgIpc) is 2.99. The summed E-state index contributed by atoms with van der Waals surface area (Å²) >= 11 is 0. The van der Waals surface area contributed by atoms with Crippen LogP contribution in [0.2, 0.25) is 0 Å². The standard InChI is InChI=1S/C18H20N4O/c1-22-8-6-13(7-9-22)18-19-11-17-16(21-18)10-15(20-17)12-2-4-14(23)5-3-12/h2-5,10-11,13,20,23H,6-9H2,1H3. The molecule has 5 heteroatoms. The first kappa shape index (κ1) is 14.2. The van der Waals surface area contributed by atoms with Crippen molar-refractivity contribution >= 4 is 11.0 Å². The molecule has 1 aliphatic heterocycles. The molecule has 118 valence electrons. The Morgan fingerprint density at radius 3 is 2.65 bits per heavy atom. The Morgan fingerprint density at radius 1 is 1.17 bits per heavy atom. The molecule has 4 rings (SSSR count). The molecular formula is C18H20N4O. The van der Waals surface area contributed by atoms with Gasteiger partial charge < -0.3 is 15.0 Å². The van der Waals surface area contributed by atoms with Crippen LogP contribution in [-0.2, 0) is 0 Å². The van der Waals surface area contributed by atoms with Gasteiger partial charge in [-0.05, 0) is 68.9 Å². The van der Waals surface area contributed by atoms with Gasteiger partial charge in [-0.25, -0.2) is 9.97 Å². The quantitative estimate of drug-likeness (QED) is 0.763. The van der Waals surface area contributed by atoms with Crippen molar-refractivity contribution in [2.24, 2.45) is 0 Å². The van der Waals surface area contributed by atoms with Crippen LogP contribution in [0.4, 0.5) is 0 Å². The molecule has 23 heavy (non-hydrogen) atoms. The SMILES string of the molecule is CN1CCC(c2ncc3[nH]c(-c4ccc(O)cc4)cc3n2)CC1. The lowest BCUT2D eigenvalue weighted by molar-refractivity contribution is 0.251. The van der Waals surface area contributed by atoms with Crippen molar-refractivity contribution in [3.8, 4) is 17.0 Å². The summed E-state index contributed by atoms with van der Waals surface area (Å²) < 4.78 is 0. The van der Waals surface area contributed by atoms with Crippen molar-refractivity contribution in [1.29, 1.82) is 0 Å². The van der Waals surface area contributed by atoms with Crippen molar-refractivity contribution in [3.05, 3.63) is 42.4 Å². The highest BCUT2D eigenvalue weighted by Crippen LogP contribution is 2.28. The fourth-order valence-electron chi connectivity index (χ4n) is 3.19. The molecule has 5 nitrogen and oxygen atoms in total. The molecule has 3 aromatic rings.